The molecule has 3 rings (SSSR count). The smallest absolute Gasteiger partial charge is 0.338 e. The number of allylic oxidation sites excluding steroid dienone is 2. The molecular weight excluding hydrogens is 376 g/mol. The number of ether oxygens (including phenoxy) is 2. The Morgan fingerprint density at radius 2 is 2.07 bits per heavy atom. The molecule has 1 unspecified atom stereocenters. The summed E-state index contributed by atoms with van der Waals surface area (Å²) in [5.74, 6) is 0.574. The van der Waals surface area contributed by atoms with Crippen LogP contribution in [0.1, 0.15) is 39.3 Å². The lowest BCUT2D eigenvalue weighted by molar-refractivity contribution is -0.143. The maximum absolute atomic E-state index is 12.9. The summed E-state index contributed by atoms with van der Waals surface area (Å²) < 4.78 is 11.0. The van der Waals surface area contributed by atoms with Crippen molar-refractivity contribution in [1.82, 2.24) is 4.90 Å². The van der Waals surface area contributed by atoms with Gasteiger partial charge in [0.2, 0.25) is 0 Å². The van der Waals surface area contributed by atoms with Crippen LogP contribution in [-0.2, 0) is 9.53 Å². The Morgan fingerprint density at radius 1 is 1.39 bits per heavy atom. The van der Waals surface area contributed by atoms with E-state index in [9.17, 15) is 10.1 Å². The van der Waals surface area contributed by atoms with Crippen LogP contribution in [0, 0.1) is 11.3 Å². The second-order valence-corrected chi connectivity index (χ2v) is 7.53. The first-order chi connectivity index (χ1) is 13.4. The average molecular weight is 398 g/mol. The lowest BCUT2D eigenvalue weighted by Gasteiger charge is -2.35. The van der Waals surface area contributed by atoms with Gasteiger partial charge in [-0.05, 0) is 57.2 Å². The number of esters is 1. The van der Waals surface area contributed by atoms with E-state index in [0.717, 1.165) is 11.3 Å². The highest BCUT2D eigenvalue weighted by atomic mass is 32.2. The predicted molar refractivity (Wildman–Crippen MR) is 108 cm³/mol. The zero-order chi connectivity index (χ0) is 20.4. The molecule has 7 nitrogen and oxygen atoms in total. The third kappa shape index (κ3) is 3.58. The molecule has 2 aliphatic heterocycles. The molecular formula is C20H22N4O3S. The number of nitrogens with zero attached hydrogens (tertiary/aromatic N) is 3. The summed E-state index contributed by atoms with van der Waals surface area (Å²) >= 11 is 1.20. The normalized spacial score (nSPS) is 18.8. The van der Waals surface area contributed by atoms with E-state index in [1.807, 2.05) is 31.2 Å². The van der Waals surface area contributed by atoms with Crippen LogP contribution in [0.3, 0.4) is 0 Å². The summed E-state index contributed by atoms with van der Waals surface area (Å²) in [6.07, 6.45) is -0.269. The van der Waals surface area contributed by atoms with Crippen LogP contribution in [0.15, 0.2) is 51.3 Å². The number of amidine groups is 1. The molecule has 1 aromatic rings. The van der Waals surface area contributed by atoms with Crippen molar-refractivity contribution in [3.05, 3.63) is 51.8 Å². The van der Waals surface area contributed by atoms with Gasteiger partial charge in [-0.15, -0.1) is 0 Å². The molecule has 0 amide bonds. The number of rotatable bonds is 5. The largest absolute Gasteiger partial charge is 0.494 e. The van der Waals surface area contributed by atoms with E-state index < -0.39 is 12.0 Å². The fraction of sp³-hybridized carbons (Fsp3) is 0.350. The molecule has 1 aromatic carbocycles. The monoisotopic (exact) mass is 398 g/mol. The van der Waals surface area contributed by atoms with Gasteiger partial charge in [0, 0.05) is 0 Å². The van der Waals surface area contributed by atoms with Crippen LogP contribution in [0.25, 0.3) is 0 Å². The van der Waals surface area contributed by atoms with Crippen molar-refractivity contribution in [2.45, 2.75) is 39.8 Å². The summed E-state index contributed by atoms with van der Waals surface area (Å²) in [5, 5.41) is 9.96. The van der Waals surface area contributed by atoms with Crippen LogP contribution in [0.5, 0.6) is 5.75 Å². The van der Waals surface area contributed by atoms with Crippen LogP contribution in [-0.4, -0.2) is 28.7 Å². The molecule has 0 fully saturated rings. The molecule has 0 saturated heterocycles. The van der Waals surface area contributed by atoms with E-state index in [1.54, 1.807) is 25.7 Å². The number of carbonyl (C=O) groups is 1. The highest BCUT2D eigenvalue weighted by Gasteiger charge is 2.42. The van der Waals surface area contributed by atoms with Gasteiger partial charge in [0.05, 0.1) is 30.0 Å². The van der Waals surface area contributed by atoms with E-state index in [1.165, 1.54) is 11.8 Å². The topological polar surface area (TPSA) is 101 Å². The van der Waals surface area contributed by atoms with E-state index in [2.05, 4.69) is 11.1 Å². The molecule has 2 aliphatic rings. The number of nitrogens with two attached hydrogens (primary N) is 1. The van der Waals surface area contributed by atoms with Gasteiger partial charge in [-0.2, -0.15) is 5.26 Å². The molecule has 2 N–H and O–H groups in total. The van der Waals surface area contributed by atoms with E-state index in [-0.39, 0.29) is 11.9 Å². The summed E-state index contributed by atoms with van der Waals surface area (Å²) in [6.45, 7) is 7.84. The van der Waals surface area contributed by atoms with Gasteiger partial charge in [-0.1, -0.05) is 12.1 Å². The number of hydrogen-bond donors (Lipinski definition) is 1. The van der Waals surface area contributed by atoms with E-state index in [4.69, 9.17) is 15.2 Å². The quantitative estimate of drug-likeness (QED) is 0.758. The standard InChI is InChI=1S/C20H22N4O3S/c1-5-26-14-8-6-13(7-9-14)17-16(19(25)27-11(2)3)12(4)23-20-24(17)18(22)15(10-21)28-20/h6-9,11,17H,5,22H2,1-4H3. The summed E-state index contributed by atoms with van der Waals surface area (Å²) in [6, 6.07) is 9.03. The molecule has 2 heterocycles. The molecule has 0 aliphatic carbocycles. The molecule has 146 valence electrons. The Morgan fingerprint density at radius 3 is 2.64 bits per heavy atom. The number of carbonyl (C=O) groups excluding carboxylic acids is 1. The Kier molecular flexibility index (Phi) is 5.66. The van der Waals surface area contributed by atoms with Gasteiger partial charge in [-0.3, -0.25) is 4.90 Å². The second kappa shape index (κ2) is 7.98. The van der Waals surface area contributed by atoms with Crippen molar-refractivity contribution in [3.63, 3.8) is 0 Å². The Balaban J connectivity index is 2.11. The maximum Gasteiger partial charge on any atom is 0.338 e. The lowest BCUT2D eigenvalue weighted by Crippen LogP contribution is -2.39. The van der Waals surface area contributed by atoms with Gasteiger partial charge in [0.25, 0.3) is 0 Å². The Labute approximate surface area is 168 Å². The molecule has 0 bridgehead atoms. The Bertz CT molecular complexity index is 926. The molecule has 1 atom stereocenters. The van der Waals surface area contributed by atoms with Crippen molar-refractivity contribution in [2.75, 3.05) is 6.61 Å². The second-order valence-electron chi connectivity index (χ2n) is 6.55. The number of aliphatic imine (C=N–C) groups is 1. The molecule has 28 heavy (non-hydrogen) atoms. The minimum atomic E-state index is -0.534. The minimum absolute atomic E-state index is 0.269. The number of fused-ring (bicyclic) bond motifs is 1. The number of benzene rings is 1. The van der Waals surface area contributed by atoms with Gasteiger partial charge in [-0.25, -0.2) is 9.79 Å². The first-order valence-electron chi connectivity index (χ1n) is 8.97. The highest BCUT2D eigenvalue weighted by molar-refractivity contribution is 8.17. The molecule has 8 heteroatoms. The molecule has 0 spiro atoms. The summed E-state index contributed by atoms with van der Waals surface area (Å²) in [5.41, 5.74) is 8.03. The van der Waals surface area contributed by atoms with Crippen molar-refractivity contribution in [3.8, 4) is 11.8 Å². The van der Waals surface area contributed by atoms with Crippen molar-refractivity contribution in [1.29, 1.82) is 5.26 Å². The average Bonchev–Trinajstić information content (AvgIpc) is 2.96. The predicted octanol–water partition coefficient (Wildman–Crippen LogP) is 3.42. The third-order valence-electron chi connectivity index (χ3n) is 4.25. The first kappa shape index (κ1) is 19.8. The van der Waals surface area contributed by atoms with Gasteiger partial charge in [0.15, 0.2) is 5.17 Å². The summed E-state index contributed by atoms with van der Waals surface area (Å²) in [7, 11) is 0. The zero-order valence-electron chi connectivity index (χ0n) is 16.2. The van der Waals surface area contributed by atoms with Crippen LogP contribution in [0.4, 0.5) is 0 Å². The lowest BCUT2D eigenvalue weighted by atomic mass is 9.94. The minimum Gasteiger partial charge on any atom is -0.494 e. The number of thioether (sulfide) groups is 1. The number of hydrogen-bond acceptors (Lipinski definition) is 8. The molecule has 0 saturated carbocycles. The van der Waals surface area contributed by atoms with Gasteiger partial charge in [0.1, 0.15) is 22.5 Å². The first-order valence-corrected chi connectivity index (χ1v) is 9.79. The van der Waals surface area contributed by atoms with Gasteiger partial charge >= 0.3 is 5.97 Å². The van der Waals surface area contributed by atoms with Crippen LogP contribution < -0.4 is 10.5 Å². The van der Waals surface area contributed by atoms with E-state index in [0.29, 0.717) is 27.9 Å². The molecule has 0 radical (unpaired) electrons. The van der Waals surface area contributed by atoms with Gasteiger partial charge < -0.3 is 15.2 Å². The van der Waals surface area contributed by atoms with Crippen molar-refractivity contribution < 1.29 is 14.3 Å². The van der Waals surface area contributed by atoms with Crippen molar-refractivity contribution >= 4 is 22.9 Å². The fourth-order valence-corrected chi connectivity index (χ4v) is 4.02. The van der Waals surface area contributed by atoms with E-state index >= 15 is 0 Å². The fourth-order valence-electron chi connectivity index (χ4n) is 3.11. The molecule has 0 aromatic heterocycles. The van der Waals surface area contributed by atoms with Crippen LogP contribution >= 0.6 is 11.8 Å². The zero-order valence-corrected chi connectivity index (χ0v) is 17.0. The highest BCUT2D eigenvalue weighted by Crippen LogP contribution is 2.45. The number of nitriles is 1. The third-order valence-corrected chi connectivity index (χ3v) is 5.22. The maximum atomic E-state index is 12.9. The summed E-state index contributed by atoms with van der Waals surface area (Å²) in [4.78, 5) is 19.5. The van der Waals surface area contributed by atoms with Crippen molar-refractivity contribution in [2.24, 2.45) is 10.7 Å². The SMILES string of the molecule is CCOc1ccc(C2C(C(=O)OC(C)C)=C(C)N=C3SC(C#N)=C(N)N32)cc1. The Hall–Kier alpha value is -2.92. The van der Waals surface area contributed by atoms with Crippen LogP contribution in [0.2, 0.25) is 0 Å².